The van der Waals surface area contributed by atoms with Crippen molar-refractivity contribution in [2.75, 3.05) is 0 Å². The quantitative estimate of drug-likeness (QED) is 0.741. The summed E-state index contributed by atoms with van der Waals surface area (Å²) in [5.74, 6) is 0.647. The van der Waals surface area contributed by atoms with Gasteiger partial charge in [-0.15, -0.1) is 0 Å². The van der Waals surface area contributed by atoms with Gasteiger partial charge >= 0.3 is 0 Å². The van der Waals surface area contributed by atoms with Gasteiger partial charge in [-0.05, 0) is 36.5 Å². The molecule has 1 aromatic rings. The van der Waals surface area contributed by atoms with E-state index in [4.69, 9.17) is 11.0 Å². The fourth-order valence-electron chi connectivity index (χ4n) is 1.54. The first-order valence-electron chi connectivity index (χ1n) is 4.57. The van der Waals surface area contributed by atoms with Crippen LogP contribution in [0.15, 0.2) is 24.3 Å². The van der Waals surface area contributed by atoms with Crippen molar-refractivity contribution in [1.29, 1.82) is 5.26 Å². The topological polar surface area (TPSA) is 49.8 Å². The molecule has 0 radical (unpaired) electrons. The Kier molecular flexibility index (Phi) is 2.03. The average Bonchev–Trinajstić information content (AvgIpc) is 3.00. The molecule has 0 aromatic heterocycles. The molecule has 0 aliphatic heterocycles. The van der Waals surface area contributed by atoms with Gasteiger partial charge in [0.1, 0.15) is 0 Å². The Balaban J connectivity index is 2.24. The summed E-state index contributed by atoms with van der Waals surface area (Å²) in [6.45, 7) is 0. The van der Waals surface area contributed by atoms with Crippen molar-refractivity contribution < 1.29 is 0 Å². The van der Waals surface area contributed by atoms with Crippen LogP contribution in [-0.2, 0) is 0 Å². The van der Waals surface area contributed by atoms with E-state index in [1.54, 1.807) is 0 Å². The molecule has 13 heavy (non-hydrogen) atoms. The molecule has 0 bridgehead atoms. The number of benzene rings is 1. The maximum Gasteiger partial charge on any atom is 0.0991 e. The first kappa shape index (κ1) is 8.28. The standard InChI is InChI=1S/C11H12N2/c12-7-8-2-1-3-10(6-8)11(13)9-4-5-9/h1-3,6,9,11H,4-5,13H2/t11-/m0/s1. The summed E-state index contributed by atoms with van der Waals surface area (Å²) in [6.07, 6.45) is 2.47. The van der Waals surface area contributed by atoms with Gasteiger partial charge in [-0.25, -0.2) is 0 Å². The lowest BCUT2D eigenvalue weighted by atomic mass is 10.0. The van der Waals surface area contributed by atoms with E-state index in [9.17, 15) is 0 Å². The van der Waals surface area contributed by atoms with E-state index in [1.165, 1.54) is 12.8 Å². The van der Waals surface area contributed by atoms with Crippen LogP contribution in [-0.4, -0.2) is 0 Å². The minimum absolute atomic E-state index is 0.133. The predicted molar refractivity (Wildman–Crippen MR) is 50.8 cm³/mol. The molecule has 1 saturated carbocycles. The molecular formula is C11H12N2. The number of nitriles is 1. The lowest BCUT2D eigenvalue weighted by molar-refractivity contribution is 0.633. The molecular weight excluding hydrogens is 160 g/mol. The van der Waals surface area contributed by atoms with Crippen LogP contribution >= 0.6 is 0 Å². The second kappa shape index (κ2) is 3.20. The van der Waals surface area contributed by atoms with Gasteiger partial charge in [0.2, 0.25) is 0 Å². The molecule has 1 aromatic carbocycles. The van der Waals surface area contributed by atoms with Crippen LogP contribution in [0, 0.1) is 17.2 Å². The highest BCUT2D eigenvalue weighted by atomic mass is 14.7. The van der Waals surface area contributed by atoms with Crippen LogP contribution in [0.4, 0.5) is 0 Å². The second-order valence-electron chi connectivity index (χ2n) is 3.60. The highest BCUT2D eigenvalue weighted by molar-refractivity contribution is 5.34. The van der Waals surface area contributed by atoms with E-state index in [-0.39, 0.29) is 6.04 Å². The van der Waals surface area contributed by atoms with Crippen LogP contribution in [0.5, 0.6) is 0 Å². The third kappa shape index (κ3) is 1.71. The molecule has 1 aliphatic rings. The van der Waals surface area contributed by atoms with Gasteiger partial charge < -0.3 is 5.73 Å². The van der Waals surface area contributed by atoms with Crippen molar-refractivity contribution >= 4 is 0 Å². The fourth-order valence-corrected chi connectivity index (χ4v) is 1.54. The van der Waals surface area contributed by atoms with Gasteiger partial charge in [0.15, 0.2) is 0 Å². The highest BCUT2D eigenvalue weighted by Crippen LogP contribution is 2.39. The Morgan fingerprint density at radius 3 is 2.85 bits per heavy atom. The Morgan fingerprint density at radius 2 is 2.23 bits per heavy atom. The molecule has 2 rings (SSSR count). The minimum Gasteiger partial charge on any atom is -0.324 e. The molecule has 1 aliphatic carbocycles. The lowest BCUT2D eigenvalue weighted by Crippen LogP contribution is -2.12. The van der Waals surface area contributed by atoms with E-state index in [2.05, 4.69) is 6.07 Å². The third-order valence-electron chi connectivity index (χ3n) is 2.53. The number of rotatable bonds is 2. The van der Waals surface area contributed by atoms with Crippen molar-refractivity contribution in [3.8, 4) is 6.07 Å². The van der Waals surface area contributed by atoms with Crippen molar-refractivity contribution in [2.24, 2.45) is 11.7 Å². The minimum atomic E-state index is 0.133. The fraction of sp³-hybridized carbons (Fsp3) is 0.364. The lowest BCUT2D eigenvalue weighted by Gasteiger charge is -2.09. The summed E-state index contributed by atoms with van der Waals surface area (Å²) >= 11 is 0. The van der Waals surface area contributed by atoms with Crippen LogP contribution in [0.2, 0.25) is 0 Å². The highest BCUT2D eigenvalue weighted by Gasteiger charge is 2.29. The zero-order valence-corrected chi connectivity index (χ0v) is 7.40. The van der Waals surface area contributed by atoms with Crippen LogP contribution in [0.3, 0.4) is 0 Å². The van der Waals surface area contributed by atoms with Gasteiger partial charge in [0, 0.05) is 6.04 Å². The maximum atomic E-state index is 8.71. The molecule has 2 N–H and O–H groups in total. The molecule has 1 atom stereocenters. The van der Waals surface area contributed by atoms with E-state index in [0.717, 1.165) is 5.56 Å². The molecule has 1 fully saturated rings. The van der Waals surface area contributed by atoms with Crippen molar-refractivity contribution in [3.05, 3.63) is 35.4 Å². The normalized spacial score (nSPS) is 17.8. The van der Waals surface area contributed by atoms with E-state index in [0.29, 0.717) is 11.5 Å². The van der Waals surface area contributed by atoms with Crippen LogP contribution in [0.25, 0.3) is 0 Å². The van der Waals surface area contributed by atoms with E-state index >= 15 is 0 Å². The summed E-state index contributed by atoms with van der Waals surface area (Å²) in [5.41, 5.74) is 7.82. The van der Waals surface area contributed by atoms with Crippen LogP contribution < -0.4 is 5.73 Å². The van der Waals surface area contributed by atoms with Crippen molar-refractivity contribution in [2.45, 2.75) is 18.9 Å². The van der Waals surface area contributed by atoms with Gasteiger partial charge in [0.25, 0.3) is 0 Å². The van der Waals surface area contributed by atoms with Crippen molar-refractivity contribution in [1.82, 2.24) is 0 Å². The Hall–Kier alpha value is -1.33. The average molecular weight is 172 g/mol. The zero-order chi connectivity index (χ0) is 9.26. The number of nitrogens with zero attached hydrogens (tertiary/aromatic N) is 1. The van der Waals surface area contributed by atoms with E-state index < -0.39 is 0 Å². The number of hydrogen-bond acceptors (Lipinski definition) is 2. The largest absolute Gasteiger partial charge is 0.324 e. The van der Waals surface area contributed by atoms with Gasteiger partial charge in [0.05, 0.1) is 11.6 Å². The molecule has 0 spiro atoms. The predicted octanol–water partition coefficient (Wildman–Crippen LogP) is 1.97. The SMILES string of the molecule is N#Cc1cccc([C@@H](N)C2CC2)c1. The first-order valence-corrected chi connectivity index (χ1v) is 4.57. The molecule has 0 unspecified atom stereocenters. The Bertz CT molecular complexity index is 347. The molecule has 0 saturated heterocycles. The molecule has 66 valence electrons. The van der Waals surface area contributed by atoms with E-state index in [1.807, 2.05) is 24.3 Å². The number of nitrogens with two attached hydrogens (primary N) is 1. The van der Waals surface area contributed by atoms with Crippen molar-refractivity contribution in [3.63, 3.8) is 0 Å². The molecule has 0 amide bonds. The zero-order valence-electron chi connectivity index (χ0n) is 7.40. The Labute approximate surface area is 78.0 Å². The van der Waals surface area contributed by atoms with Gasteiger partial charge in [-0.1, -0.05) is 12.1 Å². The van der Waals surface area contributed by atoms with Gasteiger partial charge in [-0.3, -0.25) is 0 Å². The third-order valence-corrected chi connectivity index (χ3v) is 2.53. The monoisotopic (exact) mass is 172 g/mol. The van der Waals surface area contributed by atoms with Gasteiger partial charge in [-0.2, -0.15) is 5.26 Å². The second-order valence-corrected chi connectivity index (χ2v) is 3.60. The summed E-state index contributed by atoms with van der Waals surface area (Å²) in [5, 5.41) is 8.71. The smallest absolute Gasteiger partial charge is 0.0991 e. The first-order chi connectivity index (χ1) is 6.31. The summed E-state index contributed by atoms with van der Waals surface area (Å²) in [6, 6.07) is 9.86. The number of hydrogen-bond donors (Lipinski definition) is 1. The molecule has 2 nitrogen and oxygen atoms in total. The molecule has 0 heterocycles. The maximum absolute atomic E-state index is 8.71. The summed E-state index contributed by atoms with van der Waals surface area (Å²) < 4.78 is 0. The molecule has 2 heteroatoms. The summed E-state index contributed by atoms with van der Waals surface area (Å²) in [7, 11) is 0. The van der Waals surface area contributed by atoms with Crippen LogP contribution in [0.1, 0.15) is 30.0 Å². The summed E-state index contributed by atoms with van der Waals surface area (Å²) in [4.78, 5) is 0. The Morgan fingerprint density at radius 1 is 1.46 bits per heavy atom.